The lowest BCUT2D eigenvalue weighted by Gasteiger charge is -2.36. The number of ether oxygens (including phenoxy) is 3. The van der Waals surface area contributed by atoms with Crippen LogP contribution in [-0.2, 0) is 29.0 Å². The summed E-state index contributed by atoms with van der Waals surface area (Å²) in [6, 6.07) is 5.67. The maximum atomic E-state index is 12.8. The molecule has 166 valence electrons. The molecule has 3 atom stereocenters. The Morgan fingerprint density at radius 3 is 2.40 bits per heavy atom. The van der Waals surface area contributed by atoms with Gasteiger partial charge in [0.05, 0.1) is 35.9 Å². The third kappa shape index (κ3) is 5.18. The summed E-state index contributed by atoms with van der Waals surface area (Å²) < 4.78 is 43.1. The van der Waals surface area contributed by atoms with Gasteiger partial charge in [-0.1, -0.05) is 6.07 Å². The van der Waals surface area contributed by atoms with Crippen LogP contribution in [-0.4, -0.2) is 87.2 Å². The second kappa shape index (κ2) is 9.42. The summed E-state index contributed by atoms with van der Waals surface area (Å²) >= 11 is 0. The molecular formula is C20H28N2O7S. The predicted molar refractivity (Wildman–Crippen MR) is 107 cm³/mol. The van der Waals surface area contributed by atoms with Gasteiger partial charge < -0.3 is 19.1 Å². The summed E-state index contributed by atoms with van der Waals surface area (Å²) in [5, 5.41) is 0. The van der Waals surface area contributed by atoms with Gasteiger partial charge in [-0.15, -0.1) is 0 Å². The third-order valence-electron chi connectivity index (χ3n) is 5.04. The van der Waals surface area contributed by atoms with Gasteiger partial charge in [-0.2, -0.15) is 4.31 Å². The lowest BCUT2D eigenvalue weighted by molar-refractivity contribution is -0.151. The first-order valence-corrected chi connectivity index (χ1v) is 11.5. The topological polar surface area (TPSA) is 102 Å². The van der Waals surface area contributed by atoms with Crippen LogP contribution in [0.5, 0.6) is 0 Å². The molecule has 30 heavy (non-hydrogen) atoms. The first-order chi connectivity index (χ1) is 14.2. The van der Waals surface area contributed by atoms with E-state index in [1.165, 1.54) is 35.5 Å². The number of morpholine rings is 2. The van der Waals surface area contributed by atoms with E-state index in [-0.39, 0.29) is 41.7 Å². The molecule has 1 amide bonds. The van der Waals surface area contributed by atoms with Crippen molar-refractivity contribution in [3.8, 4) is 0 Å². The molecule has 0 spiro atoms. The first kappa shape index (κ1) is 22.7. The van der Waals surface area contributed by atoms with E-state index in [4.69, 9.17) is 14.2 Å². The van der Waals surface area contributed by atoms with Crippen molar-refractivity contribution in [3.63, 3.8) is 0 Å². The highest BCUT2D eigenvalue weighted by Gasteiger charge is 2.31. The maximum absolute atomic E-state index is 12.8. The summed E-state index contributed by atoms with van der Waals surface area (Å²) in [7, 11) is -3.74. The number of sulfonamides is 1. The number of hydrogen-bond donors (Lipinski definition) is 0. The van der Waals surface area contributed by atoms with Crippen molar-refractivity contribution >= 4 is 21.9 Å². The number of nitrogens with zero attached hydrogens (tertiary/aromatic N) is 2. The zero-order valence-electron chi connectivity index (χ0n) is 17.4. The van der Waals surface area contributed by atoms with Gasteiger partial charge in [0.1, 0.15) is 0 Å². The summed E-state index contributed by atoms with van der Waals surface area (Å²) in [5.74, 6) is -1.05. The summed E-state index contributed by atoms with van der Waals surface area (Å²) in [5.41, 5.74) is 0.0766. The maximum Gasteiger partial charge on any atom is 0.338 e. The molecule has 2 aliphatic rings. The Labute approximate surface area is 176 Å². The molecule has 2 saturated heterocycles. The van der Waals surface area contributed by atoms with E-state index < -0.39 is 22.1 Å². The van der Waals surface area contributed by atoms with Crippen LogP contribution in [0.2, 0.25) is 0 Å². The van der Waals surface area contributed by atoms with Crippen LogP contribution in [0.3, 0.4) is 0 Å². The highest BCUT2D eigenvalue weighted by Crippen LogP contribution is 2.20. The minimum atomic E-state index is -3.74. The van der Waals surface area contributed by atoms with Crippen LogP contribution >= 0.6 is 0 Å². The van der Waals surface area contributed by atoms with Crippen molar-refractivity contribution in [1.29, 1.82) is 0 Å². The van der Waals surface area contributed by atoms with Crippen LogP contribution in [0.25, 0.3) is 0 Å². The quantitative estimate of drug-likeness (QED) is 0.627. The van der Waals surface area contributed by atoms with Gasteiger partial charge in [-0.05, 0) is 39.0 Å². The Balaban J connectivity index is 1.68. The van der Waals surface area contributed by atoms with Crippen LogP contribution in [0.15, 0.2) is 29.2 Å². The van der Waals surface area contributed by atoms with E-state index in [9.17, 15) is 18.0 Å². The molecule has 1 aromatic rings. The molecule has 2 aliphatic heterocycles. The number of rotatable bonds is 5. The van der Waals surface area contributed by atoms with E-state index >= 15 is 0 Å². The Morgan fingerprint density at radius 1 is 1.13 bits per heavy atom. The molecule has 0 aliphatic carbocycles. The Kier molecular flexibility index (Phi) is 7.12. The zero-order chi connectivity index (χ0) is 21.9. The van der Waals surface area contributed by atoms with Crippen LogP contribution in [0.1, 0.15) is 31.1 Å². The molecule has 0 saturated carbocycles. The lowest BCUT2D eigenvalue weighted by atomic mass is 10.2. The molecule has 2 fully saturated rings. The fourth-order valence-electron chi connectivity index (χ4n) is 3.61. The largest absolute Gasteiger partial charge is 0.449 e. The van der Waals surface area contributed by atoms with Crippen LogP contribution < -0.4 is 0 Å². The molecule has 10 heteroatoms. The summed E-state index contributed by atoms with van der Waals surface area (Å²) in [6.45, 7) is 7.33. The molecule has 2 heterocycles. The number of carbonyl (C=O) groups excluding carboxylic acids is 2. The van der Waals surface area contributed by atoms with Crippen molar-refractivity contribution < 1.29 is 32.2 Å². The number of esters is 1. The van der Waals surface area contributed by atoms with Crippen molar-refractivity contribution in [1.82, 2.24) is 9.21 Å². The number of carbonyl (C=O) groups is 2. The minimum Gasteiger partial charge on any atom is -0.449 e. The van der Waals surface area contributed by atoms with Crippen molar-refractivity contribution in [2.75, 3.05) is 39.4 Å². The SMILES string of the molecule is CC1CN(C(=O)C(C)OC(=O)c2cccc(S(=O)(=O)N3CCOCC3)c2)CC(C)O1. The number of amides is 1. The standard InChI is InChI=1S/C20H28N2O7S/c1-14-12-21(13-15(2)28-14)19(23)16(3)29-20(24)17-5-4-6-18(11-17)30(25,26)22-7-9-27-10-8-22/h4-6,11,14-16H,7-10,12-13H2,1-3H3. The fraction of sp³-hybridized carbons (Fsp3) is 0.600. The van der Waals surface area contributed by atoms with E-state index in [1.54, 1.807) is 4.90 Å². The molecule has 0 N–H and O–H groups in total. The molecule has 0 bridgehead atoms. The summed E-state index contributed by atoms with van der Waals surface area (Å²) in [4.78, 5) is 26.9. The highest BCUT2D eigenvalue weighted by molar-refractivity contribution is 7.89. The van der Waals surface area contributed by atoms with Crippen LogP contribution in [0.4, 0.5) is 0 Å². The number of hydrogen-bond acceptors (Lipinski definition) is 7. The van der Waals surface area contributed by atoms with Gasteiger partial charge in [0.15, 0.2) is 6.10 Å². The molecule has 0 radical (unpaired) electrons. The minimum absolute atomic E-state index is 0.00802. The summed E-state index contributed by atoms with van der Waals surface area (Å²) in [6.07, 6.45) is -1.18. The first-order valence-electron chi connectivity index (χ1n) is 10.0. The van der Waals surface area contributed by atoms with E-state index in [0.29, 0.717) is 26.3 Å². The average molecular weight is 441 g/mol. The van der Waals surface area contributed by atoms with Crippen molar-refractivity contribution in [2.45, 2.75) is 44.0 Å². The molecule has 1 aromatic carbocycles. The normalized spacial score (nSPS) is 24.3. The molecule has 3 rings (SSSR count). The molecule has 9 nitrogen and oxygen atoms in total. The predicted octanol–water partition coefficient (Wildman–Crippen LogP) is 0.889. The number of benzene rings is 1. The van der Waals surface area contributed by atoms with Crippen molar-refractivity contribution in [2.24, 2.45) is 0 Å². The zero-order valence-corrected chi connectivity index (χ0v) is 18.3. The Morgan fingerprint density at radius 2 is 1.77 bits per heavy atom. The van der Waals surface area contributed by atoms with Gasteiger partial charge in [-0.25, -0.2) is 13.2 Å². The van der Waals surface area contributed by atoms with E-state index in [0.717, 1.165) is 0 Å². The van der Waals surface area contributed by atoms with Gasteiger partial charge in [0, 0.05) is 26.2 Å². The van der Waals surface area contributed by atoms with Crippen molar-refractivity contribution in [3.05, 3.63) is 29.8 Å². The van der Waals surface area contributed by atoms with Gasteiger partial charge >= 0.3 is 5.97 Å². The monoisotopic (exact) mass is 440 g/mol. The second-order valence-corrected chi connectivity index (χ2v) is 9.53. The van der Waals surface area contributed by atoms with E-state index in [2.05, 4.69) is 0 Å². The van der Waals surface area contributed by atoms with Gasteiger partial charge in [0.25, 0.3) is 5.91 Å². The molecule has 0 aromatic heterocycles. The smallest absolute Gasteiger partial charge is 0.338 e. The lowest BCUT2D eigenvalue weighted by Crippen LogP contribution is -2.51. The van der Waals surface area contributed by atoms with Crippen LogP contribution in [0, 0.1) is 0 Å². The highest BCUT2D eigenvalue weighted by atomic mass is 32.2. The fourth-order valence-corrected chi connectivity index (χ4v) is 5.07. The Bertz CT molecular complexity index is 873. The average Bonchev–Trinajstić information content (AvgIpc) is 2.73. The molecule has 3 unspecified atom stereocenters. The third-order valence-corrected chi connectivity index (χ3v) is 6.94. The molecular weight excluding hydrogens is 412 g/mol. The second-order valence-electron chi connectivity index (χ2n) is 7.59. The Hall–Kier alpha value is -2.01. The van der Waals surface area contributed by atoms with E-state index in [1.807, 2.05) is 13.8 Å². The van der Waals surface area contributed by atoms with Gasteiger partial charge in [0.2, 0.25) is 10.0 Å². The van der Waals surface area contributed by atoms with Gasteiger partial charge in [-0.3, -0.25) is 4.79 Å².